The summed E-state index contributed by atoms with van der Waals surface area (Å²) in [5.41, 5.74) is 5.64. The number of rotatable bonds is 5. The molecule has 2 aliphatic heterocycles. The molecule has 2 aliphatic rings. The normalized spacial score (nSPS) is 26.1. The summed E-state index contributed by atoms with van der Waals surface area (Å²) in [6.45, 7) is 3.14. The second kappa shape index (κ2) is 6.29. The fourth-order valence-corrected chi connectivity index (χ4v) is 2.97. The summed E-state index contributed by atoms with van der Waals surface area (Å²) in [7, 11) is 0. The van der Waals surface area contributed by atoms with Gasteiger partial charge in [0.05, 0.1) is 0 Å². The molecule has 0 aromatic carbocycles. The van der Waals surface area contributed by atoms with Crippen molar-refractivity contribution in [2.24, 2.45) is 5.73 Å². The maximum absolute atomic E-state index is 11.5. The lowest BCUT2D eigenvalue weighted by molar-refractivity contribution is -0.138. The third kappa shape index (κ3) is 3.09. The number of hydrogen-bond donors (Lipinski definition) is 1. The summed E-state index contributed by atoms with van der Waals surface area (Å²) >= 11 is 0. The van der Waals surface area contributed by atoms with E-state index in [1.54, 1.807) is 0 Å². The van der Waals surface area contributed by atoms with E-state index in [2.05, 4.69) is 4.90 Å². The van der Waals surface area contributed by atoms with E-state index >= 15 is 0 Å². The standard InChI is InChI=1S/C13H23N3O2/c14-7-6-11-3-1-2-8-15(11)9-10-16-12(17)4-5-13(16)18/h11H,1-10,14H2. The van der Waals surface area contributed by atoms with Crippen LogP contribution in [0.15, 0.2) is 0 Å². The Kier molecular flexibility index (Phi) is 4.72. The van der Waals surface area contributed by atoms with Crippen LogP contribution in [0.3, 0.4) is 0 Å². The van der Waals surface area contributed by atoms with Crippen LogP contribution in [0.5, 0.6) is 0 Å². The molecule has 2 amide bonds. The molecule has 0 aromatic heterocycles. The van der Waals surface area contributed by atoms with Crippen molar-refractivity contribution in [1.29, 1.82) is 0 Å². The SMILES string of the molecule is NCCC1CCCCN1CCN1C(=O)CCC1=O. The van der Waals surface area contributed by atoms with Gasteiger partial charge >= 0.3 is 0 Å². The molecule has 0 saturated carbocycles. The average molecular weight is 253 g/mol. The average Bonchev–Trinajstić information content (AvgIpc) is 2.69. The fraction of sp³-hybridized carbons (Fsp3) is 0.846. The van der Waals surface area contributed by atoms with Gasteiger partial charge in [0.15, 0.2) is 0 Å². The molecule has 18 heavy (non-hydrogen) atoms. The summed E-state index contributed by atoms with van der Waals surface area (Å²) in [5, 5.41) is 0. The predicted octanol–water partition coefficient (Wildman–Crippen LogP) is 0.339. The molecule has 0 aliphatic carbocycles. The van der Waals surface area contributed by atoms with E-state index in [9.17, 15) is 9.59 Å². The van der Waals surface area contributed by atoms with Crippen molar-refractivity contribution in [3.63, 3.8) is 0 Å². The number of hydrogen-bond acceptors (Lipinski definition) is 4. The highest BCUT2D eigenvalue weighted by atomic mass is 16.2. The molecule has 102 valence electrons. The Labute approximate surface area is 108 Å². The molecule has 1 unspecified atom stereocenters. The van der Waals surface area contributed by atoms with Crippen LogP contribution >= 0.6 is 0 Å². The van der Waals surface area contributed by atoms with E-state index in [0.29, 0.717) is 32.0 Å². The first-order valence-electron chi connectivity index (χ1n) is 6.99. The smallest absolute Gasteiger partial charge is 0.229 e. The number of carbonyl (C=O) groups is 2. The minimum Gasteiger partial charge on any atom is -0.330 e. The van der Waals surface area contributed by atoms with Crippen molar-refractivity contribution >= 4 is 11.8 Å². The van der Waals surface area contributed by atoms with E-state index in [4.69, 9.17) is 5.73 Å². The monoisotopic (exact) mass is 253 g/mol. The van der Waals surface area contributed by atoms with Crippen molar-refractivity contribution < 1.29 is 9.59 Å². The lowest BCUT2D eigenvalue weighted by Crippen LogP contribution is -2.45. The van der Waals surface area contributed by atoms with Crippen LogP contribution in [-0.4, -0.2) is 53.8 Å². The first-order chi connectivity index (χ1) is 8.72. The number of nitrogens with two attached hydrogens (primary N) is 1. The lowest BCUT2D eigenvalue weighted by atomic mass is 9.99. The van der Waals surface area contributed by atoms with Crippen LogP contribution in [0.4, 0.5) is 0 Å². The minimum atomic E-state index is -0.00705. The summed E-state index contributed by atoms with van der Waals surface area (Å²) in [6.07, 6.45) is 5.48. The Morgan fingerprint density at radius 2 is 1.83 bits per heavy atom. The Balaban J connectivity index is 1.83. The Hall–Kier alpha value is -0.940. The lowest BCUT2D eigenvalue weighted by Gasteiger charge is -2.36. The van der Waals surface area contributed by atoms with E-state index in [-0.39, 0.29) is 11.8 Å². The zero-order valence-corrected chi connectivity index (χ0v) is 10.9. The van der Waals surface area contributed by atoms with Crippen molar-refractivity contribution in [3.8, 4) is 0 Å². The van der Waals surface area contributed by atoms with Gasteiger partial charge in [-0.3, -0.25) is 19.4 Å². The van der Waals surface area contributed by atoms with Crippen LogP contribution in [0.2, 0.25) is 0 Å². The molecule has 0 bridgehead atoms. The van der Waals surface area contributed by atoms with E-state index in [1.165, 1.54) is 24.2 Å². The summed E-state index contributed by atoms with van der Waals surface area (Å²) in [6, 6.07) is 0.538. The van der Waals surface area contributed by atoms with Crippen molar-refractivity contribution in [2.75, 3.05) is 26.2 Å². The van der Waals surface area contributed by atoms with Crippen molar-refractivity contribution in [3.05, 3.63) is 0 Å². The third-order valence-corrected chi connectivity index (χ3v) is 4.01. The van der Waals surface area contributed by atoms with Gasteiger partial charge in [-0.15, -0.1) is 0 Å². The molecule has 5 heteroatoms. The van der Waals surface area contributed by atoms with Gasteiger partial charge in [-0.2, -0.15) is 0 Å². The van der Waals surface area contributed by atoms with Crippen LogP contribution in [0.1, 0.15) is 38.5 Å². The number of amides is 2. The second-order valence-corrected chi connectivity index (χ2v) is 5.20. The quantitative estimate of drug-likeness (QED) is 0.717. The van der Waals surface area contributed by atoms with E-state index < -0.39 is 0 Å². The maximum atomic E-state index is 11.5. The highest BCUT2D eigenvalue weighted by molar-refractivity contribution is 6.01. The third-order valence-electron chi connectivity index (χ3n) is 4.01. The van der Waals surface area contributed by atoms with E-state index in [0.717, 1.165) is 19.5 Å². The highest BCUT2D eigenvalue weighted by Crippen LogP contribution is 2.19. The first kappa shape index (κ1) is 13.5. The Morgan fingerprint density at radius 1 is 1.11 bits per heavy atom. The molecule has 2 rings (SSSR count). The number of nitrogens with zero attached hydrogens (tertiary/aromatic N) is 2. The molecule has 2 N–H and O–H groups in total. The number of carbonyl (C=O) groups excluding carboxylic acids is 2. The van der Waals surface area contributed by atoms with Crippen LogP contribution in [-0.2, 0) is 9.59 Å². The van der Waals surface area contributed by atoms with Gasteiger partial charge in [-0.1, -0.05) is 6.42 Å². The van der Waals surface area contributed by atoms with Crippen molar-refractivity contribution in [2.45, 2.75) is 44.6 Å². The highest BCUT2D eigenvalue weighted by Gasteiger charge is 2.30. The summed E-state index contributed by atoms with van der Waals surface area (Å²) in [4.78, 5) is 26.9. The molecule has 2 heterocycles. The van der Waals surface area contributed by atoms with Crippen molar-refractivity contribution in [1.82, 2.24) is 9.80 Å². The topological polar surface area (TPSA) is 66.6 Å². The number of likely N-dealkylation sites (tertiary alicyclic amines) is 2. The van der Waals surface area contributed by atoms with Gasteiger partial charge in [-0.05, 0) is 32.4 Å². The van der Waals surface area contributed by atoms with Crippen LogP contribution < -0.4 is 5.73 Å². The molecule has 0 radical (unpaired) electrons. The van der Waals surface area contributed by atoms with E-state index in [1.807, 2.05) is 0 Å². The van der Waals surface area contributed by atoms with Gasteiger partial charge in [0.2, 0.25) is 11.8 Å². The molecule has 0 aromatic rings. The predicted molar refractivity (Wildman–Crippen MR) is 68.8 cm³/mol. The minimum absolute atomic E-state index is 0.00705. The zero-order chi connectivity index (χ0) is 13.0. The molecule has 1 atom stereocenters. The summed E-state index contributed by atoms with van der Waals surface area (Å²) in [5.74, 6) is -0.0141. The molecular weight excluding hydrogens is 230 g/mol. The van der Waals surface area contributed by atoms with Crippen LogP contribution in [0, 0.1) is 0 Å². The largest absolute Gasteiger partial charge is 0.330 e. The maximum Gasteiger partial charge on any atom is 0.229 e. The Bertz CT molecular complexity index is 301. The van der Waals surface area contributed by atoms with Gasteiger partial charge < -0.3 is 5.73 Å². The fourth-order valence-electron chi connectivity index (χ4n) is 2.97. The Morgan fingerprint density at radius 3 is 2.50 bits per heavy atom. The molecule has 2 saturated heterocycles. The zero-order valence-electron chi connectivity index (χ0n) is 10.9. The summed E-state index contributed by atoms with van der Waals surface area (Å²) < 4.78 is 0. The second-order valence-electron chi connectivity index (χ2n) is 5.20. The molecule has 2 fully saturated rings. The number of piperidine rings is 1. The molecule has 0 spiro atoms. The number of imide groups is 1. The molecular formula is C13H23N3O2. The van der Waals surface area contributed by atoms with Crippen LogP contribution in [0.25, 0.3) is 0 Å². The van der Waals surface area contributed by atoms with Gasteiger partial charge in [-0.25, -0.2) is 0 Å². The molecule has 5 nitrogen and oxygen atoms in total. The van der Waals surface area contributed by atoms with Gasteiger partial charge in [0, 0.05) is 32.0 Å². The first-order valence-corrected chi connectivity index (χ1v) is 6.99. The van der Waals surface area contributed by atoms with Gasteiger partial charge in [0.25, 0.3) is 0 Å². The van der Waals surface area contributed by atoms with Gasteiger partial charge in [0.1, 0.15) is 0 Å².